The number of carbonyl (C=O) groups is 2. The summed E-state index contributed by atoms with van der Waals surface area (Å²) >= 11 is 0. The number of alkyl halides is 3. The lowest BCUT2D eigenvalue weighted by Crippen LogP contribution is -2.20. The van der Waals surface area contributed by atoms with E-state index in [4.69, 9.17) is 0 Å². The first-order valence-electron chi connectivity index (χ1n) is 7.79. The molecule has 1 amide bonds. The first-order valence-corrected chi connectivity index (χ1v) is 7.79. The highest BCUT2D eigenvalue weighted by molar-refractivity contribution is 5.98. The SMILES string of the molecule is CC(=O)Nc1ccc(C(=O)Cn2c(C(F)(F)F)nc3ccccc32)c(F)c1. The van der Waals surface area contributed by atoms with Crippen molar-refractivity contribution in [3.63, 3.8) is 0 Å². The van der Waals surface area contributed by atoms with Crippen molar-refractivity contribution in [2.45, 2.75) is 19.6 Å². The molecule has 5 nitrogen and oxygen atoms in total. The molecule has 0 atom stereocenters. The van der Waals surface area contributed by atoms with Gasteiger partial charge in [-0.25, -0.2) is 9.37 Å². The standard InChI is InChI=1S/C18H13F4N3O2/c1-10(26)23-11-6-7-12(13(19)8-11)16(27)9-25-15-5-3-2-4-14(15)24-17(25)18(20,21)22/h2-8H,9H2,1H3,(H,23,26). The Hall–Kier alpha value is -3.23. The summed E-state index contributed by atoms with van der Waals surface area (Å²) in [5.74, 6) is -3.44. The fourth-order valence-corrected chi connectivity index (χ4v) is 2.70. The molecule has 9 heteroatoms. The molecule has 0 aliphatic heterocycles. The van der Waals surface area contributed by atoms with Crippen LogP contribution in [0.15, 0.2) is 42.5 Å². The molecule has 0 saturated heterocycles. The van der Waals surface area contributed by atoms with E-state index < -0.39 is 36.1 Å². The number of fused-ring (bicyclic) bond motifs is 1. The minimum Gasteiger partial charge on any atom is -0.326 e. The highest BCUT2D eigenvalue weighted by Gasteiger charge is 2.38. The normalized spacial score (nSPS) is 11.6. The van der Waals surface area contributed by atoms with Gasteiger partial charge in [-0.1, -0.05) is 12.1 Å². The summed E-state index contributed by atoms with van der Waals surface area (Å²) in [5.41, 5.74) is -0.0387. The van der Waals surface area contributed by atoms with Gasteiger partial charge in [0.25, 0.3) is 0 Å². The molecule has 0 fully saturated rings. The number of amides is 1. The molecule has 0 saturated carbocycles. The fraction of sp³-hybridized carbons (Fsp3) is 0.167. The predicted octanol–water partition coefficient (Wildman–Crippen LogP) is 4.04. The third kappa shape index (κ3) is 3.81. The van der Waals surface area contributed by atoms with Crippen LogP contribution in [0.4, 0.5) is 23.2 Å². The van der Waals surface area contributed by atoms with E-state index in [1.807, 2.05) is 0 Å². The van der Waals surface area contributed by atoms with Crippen LogP contribution in [0.5, 0.6) is 0 Å². The minimum atomic E-state index is -4.77. The van der Waals surface area contributed by atoms with E-state index in [1.165, 1.54) is 37.3 Å². The Labute approximate surface area is 150 Å². The van der Waals surface area contributed by atoms with Gasteiger partial charge < -0.3 is 9.88 Å². The molecule has 2 aromatic carbocycles. The van der Waals surface area contributed by atoms with Crippen LogP contribution in [0, 0.1) is 5.82 Å². The average molecular weight is 379 g/mol. The van der Waals surface area contributed by atoms with Gasteiger partial charge in [0.2, 0.25) is 11.7 Å². The first-order chi connectivity index (χ1) is 12.7. The molecular weight excluding hydrogens is 366 g/mol. The lowest BCUT2D eigenvalue weighted by atomic mass is 10.1. The van der Waals surface area contributed by atoms with E-state index >= 15 is 0 Å². The summed E-state index contributed by atoms with van der Waals surface area (Å²) in [6.07, 6.45) is -4.77. The van der Waals surface area contributed by atoms with Crippen LogP contribution in [0.2, 0.25) is 0 Å². The third-order valence-corrected chi connectivity index (χ3v) is 3.80. The van der Waals surface area contributed by atoms with Crippen LogP contribution in [0.3, 0.4) is 0 Å². The number of rotatable bonds is 4. The molecule has 3 rings (SSSR count). The van der Waals surface area contributed by atoms with Gasteiger partial charge in [-0.05, 0) is 30.3 Å². The number of nitrogens with one attached hydrogen (secondary N) is 1. The Morgan fingerprint density at radius 1 is 1.15 bits per heavy atom. The van der Waals surface area contributed by atoms with Gasteiger partial charge >= 0.3 is 6.18 Å². The van der Waals surface area contributed by atoms with Crippen LogP contribution in [-0.4, -0.2) is 21.2 Å². The zero-order valence-corrected chi connectivity index (χ0v) is 14.0. The number of ketones is 1. The summed E-state index contributed by atoms with van der Waals surface area (Å²) in [6, 6.07) is 9.21. The van der Waals surface area contributed by atoms with Gasteiger partial charge in [-0.2, -0.15) is 13.2 Å². The van der Waals surface area contributed by atoms with Gasteiger partial charge in [0, 0.05) is 12.6 Å². The Morgan fingerprint density at radius 2 is 1.85 bits per heavy atom. The maximum absolute atomic E-state index is 14.2. The first kappa shape index (κ1) is 18.6. The second kappa shape index (κ2) is 6.82. The van der Waals surface area contributed by atoms with Crippen molar-refractivity contribution in [1.29, 1.82) is 0 Å². The lowest BCUT2D eigenvalue weighted by Gasteiger charge is -2.11. The number of para-hydroxylation sites is 2. The maximum Gasteiger partial charge on any atom is 0.449 e. The quantitative estimate of drug-likeness (QED) is 0.550. The zero-order valence-electron chi connectivity index (χ0n) is 14.0. The van der Waals surface area contributed by atoms with Crippen LogP contribution < -0.4 is 5.32 Å². The molecule has 1 N–H and O–H groups in total. The second-order valence-electron chi connectivity index (χ2n) is 5.81. The second-order valence-corrected chi connectivity index (χ2v) is 5.81. The summed E-state index contributed by atoms with van der Waals surface area (Å²) in [7, 11) is 0. The van der Waals surface area contributed by atoms with Crippen LogP contribution >= 0.6 is 0 Å². The molecule has 0 unspecified atom stereocenters. The van der Waals surface area contributed by atoms with Crippen molar-refractivity contribution in [2.75, 3.05) is 5.32 Å². The minimum absolute atomic E-state index is 0.0825. The van der Waals surface area contributed by atoms with Gasteiger partial charge in [-0.15, -0.1) is 0 Å². The van der Waals surface area contributed by atoms with Gasteiger partial charge in [-0.3, -0.25) is 9.59 Å². The molecule has 27 heavy (non-hydrogen) atoms. The molecule has 0 spiro atoms. The lowest BCUT2D eigenvalue weighted by molar-refractivity contribution is -0.146. The van der Waals surface area contributed by atoms with Gasteiger partial charge in [0.1, 0.15) is 5.82 Å². The number of hydrogen-bond acceptors (Lipinski definition) is 3. The van der Waals surface area contributed by atoms with E-state index in [9.17, 15) is 27.2 Å². The van der Waals surface area contributed by atoms with E-state index in [0.29, 0.717) is 0 Å². The van der Waals surface area contributed by atoms with E-state index in [-0.39, 0.29) is 22.3 Å². The topological polar surface area (TPSA) is 64.0 Å². The number of hydrogen-bond donors (Lipinski definition) is 1. The Kier molecular flexibility index (Phi) is 4.69. The summed E-state index contributed by atoms with van der Waals surface area (Å²) in [5, 5.41) is 2.36. The van der Waals surface area contributed by atoms with Crippen molar-refractivity contribution in [3.05, 3.63) is 59.7 Å². The Bertz CT molecular complexity index is 1040. The molecule has 0 bridgehead atoms. The Morgan fingerprint density at radius 3 is 2.48 bits per heavy atom. The van der Waals surface area contributed by atoms with Crippen molar-refractivity contribution in [1.82, 2.24) is 9.55 Å². The number of halogens is 4. The van der Waals surface area contributed by atoms with Crippen LogP contribution in [0.1, 0.15) is 23.1 Å². The Balaban J connectivity index is 1.98. The number of imidazole rings is 1. The molecule has 3 aromatic rings. The molecule has 1 aromatic heterocycles. The highest BCUT2D eigenvalue weighted by atomic mass is 19.4. The van der Waals surface area contributed by atoms with Gasteiger partial charge in [0.15, 0.2) is 5.78 Å². The van der Waals surface area contributed by atoms with Crippen molar-refractivity contribution in [2.24, 2.45) is 0 Å². The molecular formula is C18H13F4N3O2. The highest BCUT2D eigenvalue weighted by Crippen LogP contribution is 2.31. The largest absolute Gasteiger partial charge is 0.449 e. The number of Topliss-reactive ketones (excluding diaryl/α,β-unsaturated/α-hetero) is 1. The number of aromatic nitrogens is 2. The smallest absolute Gasteiger partial charge is 0.326 e. The number of nitrogens with zero attached hydrogens (tertiary/aromatic N) is 2. The number of benzene rings is 2. The predicted molar refractivity (Wildman–Crippen MR) is 89.8 cm³/mol. The molecule has 0 radical (unpaired) electrons. The zero-order chi connectivity index (χ0) is 19.8. The number of carbonyl (C=O) groups excluding carboxylic acids is 2. The van der Waals surface area contributed by atoms with Crippen molar-refractivity contribution >= 4 is 28.4 Å². The molecule has 0 aliphatic rings. The van der Waals surface area contributed by atoms with Crippen LogP contribution in [-0.2, 0) is 17.5 Å². The van der Waals surface area contributed by atoms with Gasteiger partial charge in [0.05, 0.1) is 23.1 Å². The summed E-state index contributed by atoms with van der Waals surface area (Å²) in [6.45, 7) is 0.506. The molecule has 1 heterocycles. The monoisotopic (exact) mass is 379 g/mol. The van der Waals surface area contributed by atoms with Crippen molar-refractivity contribution < 1.29 is 27.2 Å². The molecule has 0 aliphatic carbocycles. The summed E-state index contributed by atoms with van der Waals surface area (Å²) in [4.78, 5) is 27.0. The van der Waals surface area contributed by atoms with Crippen LogP contribution in [0.25, 0.3) is 11.0 Å². The average Bonchev–Trinajstić information content (AvgIpc) is 2.93. The summed E-state index contributed by atoms with van der Waals surface area (Å²) < 4.78 is 54.8. The van der Waals surface area contributed by atoms with Crippen molar-refractivity contribution in [3.8, 4) is 0 Å². The fourth-order valence-electron chi connectivity index (χ4n) is 2.70. The van der Waals surface area contributed by atoms with E-state index in [1.54, 1.807) is 0 Å². The molecule has 140 valence electrons. The maximum atomic E-state index is 14.2. The van der Waals surface area contributed by atoms with E-state index in [2.05, 4.69) is 10.3 Å². The number of anilines is 1. The third-order valence-electron chi connectivity index (χ3n) is 3.80. The van der Waals surface area contributed by atoms with E-state index in [0.717, 1.165) is 16.7 Å².